The molecule has 1 amide bonds. The largest absolute Gasteiger partial charge is 0.312 e. The molecule has 1 fully saturated rings. The molecule has 7 nitrogen and oxygen atoms in total. The minimum Gasteiger partial charge on any atom is -0.312 e. The molecular weight excluding hydrogens is 364 g/mol. The second-order valence-corrected chi connectivity index (χ2v) is 8.94. The number of hydrogen-bond acceptors (Lipinski definition) is 4. The van der Waals surface area contributed by atoms with Gasteiger partial charge in [0, 0.05) is 64.5 Å². The van der Waals surface area contributed by atoms with E-state index in [2.05, 4.69) is 11.0 Å². The Hall–Kier alpha value is -1.48. The topological polar surface area (TPSA) is 64.2 Å². The fourth-order valence-electron chi connectivity index (χ4n) is 3.88. The van der Waals surface area contributed by atoms with Crippen molar-refractivity contribution in [3.63, 3.8) is 0 Å². The van der Waals surface area contributed by atoms with Crippen molar-refractivity contribution in [2.75, 3.05) is 57.3 Å². The van der Waals surface area contributed by atoms with Gasteiger partial charge in [-0.3, -0.25) is 4.79 Å². The molecular formula is C19H30N4O3S. The molecule has 2 aliphatic rings. The second kappa shape index (κ2) is 8.68. The van der Waals surface area contributed by atoms with Gasteiger partial charge >= 0.3 is 0 Å². The number of amides is 1. The lowest BCUT2D eigenvalue weighted by molar-refractivity contribution is -0.118. The van der Waals surface area contributed by atoms with Crippen LogP contribution in [0.4, 0.5) is 5.69 Å². The van der Waals surface area contributed by atoms with E-state index in [-0.39, 0.29) is 5.91 Å². The first-order valence-corrected chi connectivity index (χ1v) is 11.2. The fraction of sp³-hybridized carbons (Fsp3) is 0.632. The van der Waals surface area contributed by atoms with Crippen LogP contribution in [0.2, 0.25) is 0 Å². The van der Waals surface area contributed by atoms with E-state index in [1.807, 2.05) is 36.9 Å². The number of fused-ring (bicyclic) bond motifs is 1. The van der Waals surface area contributed by atoms with E-state index in [9.17, 15) is 13.2 Å². The van der Waals surface area contributed by atoms with Crippen molar-refractivity contribution in [3.05, 3.63) is 29.8 Å². The molecule has 0 spiro atoms. The van der Waals surface area contributed by atoms with Gasteiger partial charge in [-0.05, 0) is 18.1 Å². The number of rotatable bonds is 7. The first-order valence-electron chi connectivity index (χ1n) is 9.83. The lowest BCUT2D eigenvalue weighted by Crippen LogP contribution is -2.53. The molecule has 27 heavy (non-hydrogen) atoms. The van der Waals surface area contributed by atoms with Crippen molar-refractivity contribution >= 4 is 21.8 Å². The van der Waals surface area contributed by atoms with E-state index in [4.69, 9.17) is 0 Å². The van der Waals surface area contributed by atoms with E-state index in [1.54, 1.807) is 4.31 Å². The normalized spacial score (nSPS) is 18.9. The predicted molar refractivity (Wildman–Crippen MR) is 107 cm³/mol. The summed E-state index contributed by atoms with van der Waals surface area (Å²) in [7, 11) is -3.36. The molecule has 0 N–H and O–H groups in total. The zero-order valence-corrected chi connectivity index (χ0v) is 17.1. The average Bonchev–Trinajstić information content (AvgIpc) is 3.11. The van der Waals surface area contributed by atoms with E-state index in [1.165, 1.54) is 9.87 Å². The first-order chi connectivity index (χ1) is 13.0. The Morgan fingerprint density at radius 2 is 1.70 bits per heavy atom. The van der Waals surface area contributed by atoms with Crippen LogP contribution in [0.1, 0.15) is 25.8 Å². The Balaban J connectivity index is 1.48. The van der Waals surface area contributed by atoms with Crippen LogP contribution in [0.25, 0.3) is 0 Å². The summed E-state index contributed by atoms with van der Waals surface area (Å²) in [5.74, 6) is 0.151. The summed E-state index contributed by atoms with van der Waals surface area (Å²) in [5, 5.41) is 0. The van der Waals surface area contributed by atoms with E-state index in [0.29, 0.717) is 52.2 Å². The molecule has 0 aromatic heterocycles. The maximum absolute atomic E-state index is 12.6. The summed E-state index contributed by atoms with van der Waals surface area (Å²) in [6.07, 6.45) is 1.39. The van der Waals surface area contributed by atoms with Gasteiger partial charge in [-0.2, -0.15) is 17.0 Å². The molecule has 0 bridgehead atoms. The molecule has 1 aromatic rings. The Labute approximate surface area is 162 Å². The summed E-state index contributed by atoms with van der Waals surface area (Å²) >= 11 is 0. The highest BCUT2D eigenvalue weighted by molar-refractivity contribution is 7.86. The van der Waals surface area contributed by atoms with Gasteiger partial charge in [0.15, 0.2) is 0 Å². The summed E-state index contributed by atoms with van der Waals surface area (Å²) in [6.45, 7) is 8.45. The third kappa shape index (κ3) is 4.34. The number of nitrogens with zero attached hydrogens (tertiary/aromatic N) is 4. The number of anilines is 1. The van der Waals surface area contributed by atoms with Gasteiger partial charge in [-0.15, -0.1) is 0 Å². The molecule has 2 heterocycles. The lowest BCUT2D eigenvalue weighted by atomic mass is 10.2. The van der Waals surface area contributed by atoms with Gasteiger partial charge in [-0.25, -0.2) is 0 Å². The molecule has 1 aromatic carbocycles. The van der Waals surface area contributed by atoms with Crippen LogP contribution in [0.5, 0.6) is 0 Å². The fourth-order valence-corrected chi connectivity index (χ4v) is 5.49. The maximum Gasteiger partial charge on any atom is 0.282 e. The van der Waals surface area contributed by atoms with Crippen LogP contribution in [0, 0.1) is 0 Å². The molecule has 0 atom stereocenters. The molecule has 0 radical (unpaired) electrons. The first kappa shape index (κ1) is 20.3. The van der Waals surface area contributed by atoms with Crippen molar-refractivity contribution in [2.24, 2.45) is 0 Å². The summed E-state index contributed by atoms with van der Waals surface area (Å²) in [4.78, 5) is 16.7. The van der Waals surface area contributed by atoms with Gasteiger partial charge < -0.3 is 9.80 Å². The third-order valence-electron chi connectivity index (χ3n) is 5.52. The molecule has 0 aliphatic carbocycles. The van der Waals surface area contributed by atoms with Crippen LogP contribution < -0.4 is 4.90 Å². The molecule has 3 rings (SSSR count). The number of para-hydroxylation sites is 1. The number of benzene rings is 1. The van der Waals surface area contributed by atoms with Gasteiger partial charge in [0.05, 0.1) is 0 Å². The molecule has 1 saturated heterocycles. The van der Waals surface area contributed by atoms with Crippen molar-refractivity contribution in [1.82, 2.24) is 13.5 Å². The molecule has 0 unspecified atom stereocenters. The third-order valence-corrected chi connectivity index (χ3v) is 7.71. The van der Waals surface area contributed by atoms with Crippen molar-refractivity contribution < 1.29 is 13.2 Å². The predicted octanol–water partition coefficient (Wildman–Crippen LogP) is 1.17. The molecule has 2 aliphatic heterocycles. The number of carbonyl (C=O) groups excluding carboxylic acids is 1. The smallest absolute Gasteiger partial charge is 0.282 e. The van der Waals surface area contributed by atoms with Gasteiger partial charge in [-0.1, -0.05) is 32.0 Å². The minimum absolute atomic E-state index is 0.151. The van der Waals surface area contributed by atoms with Crippen LogP contribution >= 0.6 is 0 Å². The van der Waals surface area contributed by atoms with E-state index in [0.717, 1.165) is 18.7 Å². The van der Waals surface area contributed by atoms with Crippen LogP contribution in [0.3, 0.4) is 0 Å². The average molecular weight is 395 g/mol. The SMILES string of the molecule is CCN(CC)S(=O)(=O)N1CCN(CCC(=O)N2CCc3ccccc32)CC1. The number of carbonyl (C=O) groups is 1. The lowest BCUT2D eigenvalue weighted by Gasteiger charge is -2.36. The van der Waals surface area contributed by atoms with E-state index >= 15 is 0 Å². The Kier molecular flexibility index (Phi) is 6.52. The molecule has 0 saturated carbocycles. The maximum atomic E-state index is 12.6. The zero-order chi connectivity index (χ0) is 19.4. The summed E-state index contributed by atoms with van der Waals surface area (Å²) in [5.41, 5.74) is 2.28. The van der Waals surface area contributed by atoms with Gasteiger partial charge in [0.1, 0.15) is 0 Å². The summed E-state index contributed by atoms with van der Waals surface area (Å²) < 4.78 is 28.2. The van der Waals surface area contributed by atoms with Crippen LogP contribution in [0.15, 0.2) is 24.3 Å². The van der Waals surface area contributed by atoms with E-state index < -0.39 is 10.2 Å². The molecule has 150 valence electrons. The van der Waals surface area contributed by atoms with Crippen molar-refractivity contribution in [1.29, 1.82) is 0 Å². The standard InChI is InChI=1S/C19H30N4O3S/c1-3-21(4-2)27(25,26)22-15-13-20(14-16-22)11-10-19(24)23-12-9-17-7-5-6-8-18(17)23/h5-8H,3-4,9-16H2,1-2H3. The Bertz CT molecular complexity index is 756. The summed E-state index contributed by atoms with van der Waals surface area (Å²) in [6, 6.07) is 8.08. The van der Waals surface area contributed by atoms with Gasteiger partial charge in [0.2, 0.25) is 5.91 Å². The number of piperazine rings is 1. The zero-order valence-electron chi connectivity index (χ0n) is 16.3. The highest BCUT2D eigenvalue weighted by Gasteiger charge is 2.31. The minimum atomic E-state index is -3.36. The van der Waals surface area contributed by atoms with Crippen molar-refractivity contribution in [2.45, 2.75) is 26.7 Å². The van der Waals surface area contributed by atoms with Gasteiger partial charge in [0.25, 0.3) is 10.2 Å². The van der Waals surface area contributed by atoms with Crippen LogP contribution in [-0.4, -0.2) is 80.2 Å². The molecule has 8 heteroatoms. The monoisotopic (exact) mass is 394 g/mol. The Morgan fingerprint density at radius 3 is 2.37 bits per heavy atom. The highest BCUT2D eigenvalue weighted by Crippen LogP contribution is 2.27. The van der Waals surface area contributed by atoms with Crippen molar-refractivity contribution in [3.8, 4) is 0 Å². The second-order valence-electron chi connectivity index (χ2n) is 7.01. The quantitative estimate of drug-likeness (QED) is 0.696. The number of hydrogen-bond donors (Lipinski definition) is 0. The van der Waals surface area contributed by atoms with Crippen LogP contribution in [-0.2, 0) is 21.4 Å². The highest BCUT2D eigenvalue weighted by atomic mass is 32.2. The Morgan fingerprint density at radius 1 is 1.04 bits per heavy atom.